The van der Waals surface area contributed by atoms with Crippen molar-refractivity contribution >= 4 is 17.7 Å². The Hall–Kier alpha value is -3.71. The van der Waals surface area contributed by atoms with Gasteiger partial charge in [-0.15, -0.1) is 13.2 Å². The van der Waals surface area contributed by atoms with E-state index in [0.717, 1.165) is 63.9 Å². The number of halogens is 4. The van der Waals surface area contributed by atoms with Crippen molar-refractivity contribution in [2.45, 2.75) is 82.8 Å². The van der Waals surface area contributed by atoms with Crippen molar-refractivity contribution in [2.24, 2.45) is 4.99 Å². The van der Waals surface area contributed by atoms with E-state index in [0.29, 0.717) is 43.4 Å². The standard InChI is InChI=1S/C33H41F4N7O2/c1-3-6-27(45-19-32-11-4-13-44(32)14-5-12-32)42-31(43-17-21-7-8-22(18-43)41-21)24-16-40-30(29(34)20(24)2)28-23(15-38)25(39)9-10-26(28)46-33(35,36)37/h6,9-10,15-16,21-22,38,41H,3-5,7-8,11-14,17-19,39H2,1-2H3/b27-6-,38-15?,42-31+. The highest BCUT2D eigenvalue weighted by Crippen LogP contribution is 2.41. The van der Waals surface area contributed by atoms with Crippen molar-refractivity contribution in [1.29, 1.82) is 5.41 Å². The van der Waals surface area contributed by atoms with Crippen LogP contribution in [0.25, 0.3) is 11.3 Å². The van der Waals surface area contributed by atoms with Gasteiger partial charge in [-0.1, -0.05) is 6.92 Å². The molecule has 4 aliphatic heterocycles. The first-order valence-electron chi connectivity index (χ1n) is 16.0. The minimum atomic E-state index is -5.05. The van der Waals surface area contributed by atoms with Gasteiger partial charge in [0.05, 0.1) is 11.1 Å². The maximum absolute atomic E-state index is 16.4. The molecule has 2 atom stereocenters. The second kappa shape index (κ2) is 12.8. The summed E-state index contributed by atoms with van der Waals surface area (Å²) in [4.78, 5) is 14.0. The molecule has 13 heteroatoms. The van der Waals surface area contributed by atoms with E-state index in [1.54, 1.807) is 6.92 Å². The number of rotatable bonds is 9. The summed E-state index contributed by atoms with van der Waals surface area (Å²) in [7, 11) is 0. The van der Waals surface area contributed by atoms with Crippen LogP contribution in [-0.4, -0.2) is 83.6 Å². The Bertz CT molecular complexity index is 1520. The number of aromatic nitrogens is 1. The number of aliphatic imine (C=N–C) groups is 1. The molecule has 2 bridgehead atoms. The summed E-state index contributed by atoms with van der Waals surface area (Å²) in [6.07, 6.45) is 6.28. The number of ether oxygens (including phenoxy) is 2. The van der Waals surface area contributed by atoms with Crippen LogP contribution in [0.2, 0.25) is 0 Å². The number of alkyl halides is 3. The van der Waals surface area contributed by atoms with E-state index in [4.69, 9.17) is 20.9 Å². The van der Waals surface area contributed by atoms with E-state index in [1.807, 2.05) is 13.0 Å². The number of hydrogen-bond donors (Lipinski definition) is 3. The van der Waals surface area contributed by atoms with Gasteiger partial charge in [0, 0.05) is 54.4 Å². The largest absolute Gasteiger partial charge is 0.573 e. The molecule has 0 spiro atoms. The fraction of sp³-hybridized carbons (Fsp3) is 0.545. The van der Waals surface area contributed by atoms with E-state index in [9.17, 15) is 13.2 Å². The molecule has 248 valence electrons. The summed E-state index contributed by atoms with van der Waals surface area (Å²) in [6.45, 7) is 7.56. The molecule has 2 aromatic rings. The number of nitrogens with zero attached hydrogens (tertiary/aromatic N) is 4. The number of piperazine rings is 1. The monoisotopic (exact) mass is 643 g/mol. The van der Waals surface area contributed by atoms with Gasteiger partial charge in [-0.3, -0.25) is 9.88 Å². The molecule has 4 N–H and O–H groups in total. The molecule has 4 fully saturated rings. The highest BCUT2D eigenvalue weighted by Gasteiger charge is 2.45. The molecule has 0 saturated carbocycles. The summed E-state index contributed by atoms with van der Waals surface area (Å²) < 4.78 is 67.2. The predicted molar refractivity (Wildman–Crippen MR) is 169 cm³/mol. The van der Waals surface area contributed by atoms with Crippen LogP contribution < -0.4 is 15.8 Å². The lowest BCUT2D eigenvalue weighted by atomic mass is 9.95. The van der Waals surface area contributed by atoms with E-state index < -0.39 is 23.6 Å². The minimum Gasteiger partial charge on any atom is -0.476 e. The zero-order valence-corrected chi connectivity index (χ0v) is 26.2. The number of likely N-dealkylation sites (tertiary alicyclic amines) is 1. The predicted octanol–water partition coefficient (Wildman–Crippen LogP) is 5.75. The van der Waals surface area contributed by atoms with Gasteiger partial charge < -0.3 is 30.8 Å². The number of pyridine rings is 1. The Labute approximate surface area is 266 Å². The quantitative estimate of drug-likeness (QED) is 0.105. The third kappa shape index (κ3) is 6.31. The SMILES string of the molecule is CC/C=C(/N=C(\c1cnc(-c2c(OC(F)(F)F)ccc(N)c2C=N)c(F)c1C)N1CC2CCC(C1)N2)OCC12CCCN1CCC2. The van der Waals surface area contributed by atoms with Crippen molar-refractivity contribution < 1.29 is 27.0 Å². The molecule has 6 rings (SSSR count). The van der Waals surface area contributed by atoms with E-state index in [1.165, 1.54) is 12.3 Å². The summed E-state index contributed by atoms with van der Waals surface area (Å²) >= 11 is 0. The van der Waals surface area contributed by atoms with Gasteiger partial charge in [0.1, 0.15) is 23.9 Å². The highest BCUT2D eigenvalue weighted by molar-refractivity contribution is 6.02. The van der Waals surface area contributed by atoms with Gasteiger partial charge in [-0.25, -0.2) is 4.39 Å². The molecule has 1 aromatic heterocycles. The first kappa shape index (κ1) is 32.2. The highest BCUT2D eigenvalue weighted by atomic mass is 19.4. The lowest BCUT2D eigenvalue weighted by Gasteiger charge is -2.36. The Morgan fingerprint density at radius 2 is 1.89 bits per heavy atom. The molecule has 0 radical (unpaired) electrons. The molecule has 2 unspecified atom stereocenters. The van der Waals surface area contributed by atoms with E-state index in [-0.39, 0.29) is 40.0 Å². The Morgan fingerprint density at radius 3 is 2.52 bits per heavy atom. The van der Waals surface area contributed by atoms with Gasteiger partial charge in [0.25, 0.3) is 0 Å². The first-order valence-corrected chi connectivity index (χ1v) is 16.0. The molecular formula is C33H41F4N7O2. The van der Waals surface area contributed by atoms with Gasteiger partial charge in [0.2, 0.25) is 5.88 Å². The third-order valence-corrected chi connectivity index (χ3v) is 9.76. The number of anilines is 1. The van der Waals surface area contributed by atoms with Crippen molar-refractivity contribution in [2.75, 3.05) is 38.5 Å². The van der Waals surface area contributed by atoms with Crippen molar-refractivity contribution in [1.82, 2.24) is 20.1 Å². The van der Waals surface area contributed by atoms with Gasteiger partial charge in [-0.05, 0) is 88.7 Å². The Balaban J connectivity index is 1.41. The van der Waals surface area contributed by atoms with Crippen LogP contribution in [-0.2, 0) is 4.74 Å². The topological polar surface area (TPSA) is 112 Å². The van der Waals surface area contributed by atoms with E-state index in [2.05, 4.69) is 24.8 Å². The maximum Gasteiger partial charge on any atom is 0.573 e. The number of hydrogen-bond acceptors (Lipinski definition) is 8. The molecule has 9 nitrogen and oxygen atoms in total. The van der Waals surface area contributed by atoms with E-state index >= 15 is 4.39 Å². The number of amidine groups is 1. The molecule has 46 heavy (non-hydrogen) atoms. The fourth-order valence-electron chi connectivity index (χ4n) is 7.56. The molecule has 5 heterocycles. The summed E-state index contributed by atoms with van der Waals surface area (Å²) in [6, 6.07) is 2.71. The molecule has 4 saturated heterocycles. The van der Waals surface area contributed by atoms with Crippen LogP contribution in [0.1, 0.15) is 68.6 Å². The van der Waals surface area contributed by atoms with Crippen LogP contribution in [0.5, 0.6) is 5.75 Å². The third-order valence-electron chi connectivity index (χ3n) is 9.76. The maximum atomic E-state index is 16.4. The van der Waals surface area contributed by atoms with Crippen LogP contribution in [0, 0.1) is 18.2 Å². The van der Waals surface area contributed by atoms with Crippen molar-refractivity contribution in [3.05, 3.63) is 52.8 Å². The Morgan fingerprint density at radius 1 is 1.20 bits per heavy atom. The van der Waals surface area contributed by atoms with Gasteiger partial charge in [-0.2, -0.15) is 4.99 Å². The van der Waals surface area contributed by atoms with Gasteiger partial charge >= 0.3 is 6.36 Å². The van der Waals surface area contributed by atoms with Crippen molar-refractivity contribution in [3.8, 4) is 17.0 Å². The Kier molecular flexibility index (Phi) is 8.99. The van der Waals surface area contributed by atoms with Crippen LogP contribution in [0.15, 0.2) is 35.3 Å². The molecule has 0 aliphatic carbocycles. The summed E-state index contributed by atoms with van der Waals surface area (Å²) in [5.74, 6) is -0.576. The number of fused-ring (bicyclic) bond motifs is 3. The lowest BCUT2D eigenvalue weighted by molar-refractivity contribution is -0.274. The molecular weight excluding hydrogens is 602 g/mol. The number of allylic oxidation sites excluding steroid dienone is 1. The smallest absolute Gasteiger partial charge is 0.476 e. The lowest BCUT2D eigenvalue weighted by Crippen LogP contribution is -2.53. The average Bonchev–Trinajstić information content (AvgIpc) is 3.70. The number of nitrogens with one attached hydrogen (secondary N) is 2. The number of nitrogens with two attached hydrogens (primary N) is 1. The molecule has 0 amide bonds. The minimum absolute atomic E-state index is 0.00458. The summed E-state index contributed by atoms with van der Waals surface area (Å²) in [5.41, 5.74) is 5.71. The zero-order chi connectivity index (χ0) is 32.6. The molecule has 1 aromatic carbocycles. The first-order chi connectivity index (χ1) is 22.0. The van der Waals surface area contributed by atoms with Crippen molar-refractivity contribution in [3.63, 3.8) is 0 Å². The summed E-state index contributed by atoms with van der Waals surface area (Å²) in [5, 5.41) is 11.4. The normalized spacial score (nSPS) is 23.1. The average molecular weight is 644 g/mol. The second-order valence-corrected chi connectivity index (χ2v) is 12.7. The van der Waals surface area contributed by atoms with Gasteiger partial charge in [0.15, 0.2) is 5.82 Å². The van der Waals surface area contributed by atoms with Crippen LogP contribution >= 0.6 is 0 Å². The fourth-order valence-corrected chi connectivity index (χ4v) is 7.56. The van der Waals surface area contributed by atoms with Crippen LogP contribution in [0.4, 0.5) is 23.2 Å². The van der Waals surface area contributed by atoms with Crippen LogP contribution in [0.3, 0.4) is 0 Å². The number of nitrogen functional groups attached to an aromatic ring is 1. The molecule has 4 aliphatic rings. The number of benzene rings is 1. The second-order valence-electron chi connectivity index (χ2n) is 12.7. The zero-order valence-electron chi connectivity index (χ0n) is 26.2.